The van der Waals surface area contributed by atoms with Crippen molar-refractivity contribution in [2.75, 3.05) is 52.8 Å². The highest BCUT2D eigenvalue weighted by atomic mass is 32.1. The van der Waals surface area contributed by atoms with Crippen LogP contribution in [0.15, 0.2) is 16.8 Å². The molecule has 0 saturated carbocycles. The first-order valence-corrected chi connectivity index (χ1v) is 13.2. The number of rotatable bonds is 9. The summed E-state index contributed by atoms with van der Waals surface area (Å²) in [6.45, 7) is 1.66. The van der Waals surface area contributed by atoms with E-state index in [1.54, 1.807) is 11.0 Å². The predicted molar refractivity (Wildman–Crippen MR) is 138 cm³/mol. The molecule has 2 saturated heterocycles. The van der Waals surface area contributed by atoms with E-state index in [0.717, 1.165) is 45.5 Å². The Morgan fingerprint density at radius 2 is 1.69 bits per heavy atom. The van der Waals surface area contributed by atoms with Gasteiger partial charge in [-0.05, 0) is 32.1 Å². The first-order chi connectivity index (χ1) is 18.7. The molecule has 210 valence electrons. The Labute approximate surface area is 229 Å². The lowest BCUT2D eigenvalue weighted by molar-refractivity contribution is -0.140. The summed E-state index contributed by atoms with van der Waals surface area (Å²) in [7, 11) is 3.39. The fraction of sp³-hybridized carbons (Fsp3) is 0.520. The minimum Gasteiger partial charge on any atom is -0.465 e. The van der Waals surface area contributed by atoms with Gasteiger partial charge >= 0.3 is 17.9 Å². The molecule has 0 aromatic carbocycles. The molecule has 0 aliphatic carbocycles. The van der Waals surface area contributed by atoms with Crippen molar-refractivity contribution >= 4 is 46.7 Å². The van der Waals surface area contributed by atoms with E-state index in [1.807, 2.05) is 0 Å². The number of likely N-dealkylation sites (tertiary alicyclic amines) is 2. The molecule has 3 rings (SSSR count). The van der Waals surface area contributed by atoms with Crippen molar-refractivity contribution in [2.45, 2.75) is 38.1 Å². The molecule has 0 bridgehead atoms. The summed E-state index contributed by atoms with van der Waals surface area (Å²) in [6, 6.07) is 0.873. The summed E-state index contributed by atoms with van der Waals surface area (Å²) in [6.07, 6.45) is 3.54. The number of esters is 3. The zero-order chi connectivity index (χ0) is 28.5. The lowest BCUT2D eigenvalue weighted by Gasteiger charge is -2.28. The SMILES string of the molecule is COC(=O)/C(C#N)=C(\Nc1csc(C(=O)OC)c1C(=O)OC)NC1CCCCN(CC(=O)N2CCCC2)C1=O. The van der Waals surface area contributed by atoms with Crippen LogP contribution in [0.2, 0.25) is 0 Å². The summed E-state index contributed by atoms with van der Waals surface area (Å²) in [5.74, 6) is -3.31. The van der Waals surface area contributed by atoms with Gasteiger partial charge in [-0.15, -0.1) is 11.3 Å². The van der Waals surface area contributed by atoms with E-state index in [2.05, 4.69) is 10.6 Å². The van der Waals surface area contributed by atoms with Gasteiger partial charge in [0.25, 0.3) is 0 Å². The number of thiophene rings is 1. The first-order valence-electron chi connectivity index (χ1n) is 12.4. The molecule has 3 heterocycles. The van der Waals surface area contributed by atoms with Crippen LogP contribution in [0.3, 0.4) is 0 Å². The molecule has 1 aromatic rings. The molecule has 39 heavy (non-hydrogen) atoms. The molecular weight excluding hydrogens is 530 g/mol. The maximum Gasteiger partial charge on any atom is 0.352 e. The smallest absolute Gasteiger partial charge is 0.352 e. The number of hydrogen-bond donors (Lipinski definition) is 2. The van der Waals surface area contributed by atoms with Gasteiger partial charge in [0, 0.05) is 25.0 Å². The van der Waals surface area contributed by atoms with E-state index in [9.17, 15) is 29.2 Å². The van der Waals surface area contributed by atoms with Gasteiger partial charge in [-0.2, -0.15) is 5.26 Å². The largest absolute Gasteiger partial charge is 0.465 e. The molecule has 0 spiro atoms. The molecule has 1 unspecified atom stereocenters. The maximum atomic E-state index is 13.5. The summed E-state index contributed by atoms with van der Waals surface area (Å²) in [5.41, 5.74) is -0.606. The fourth-order valence-corrected chi connectivity index (χ4v) is 5.31. The minimum absolute atomic E-state index is 0.0496. The van der Waals surface area contributed by atoms with Gasteiger partial charge in [-0.25, -0.2) is 14.4 Å². The molecule has 2 amide bonds. The number of hydrogen-bond acceptors (Lipinski definition) is 12. The number of carbonyl (C=O) groups is 5. The highest BCUT2D eigenvalue weighted by molar-refractivity contribution is 7.13. The molecule has 13 nitrogen and oxygen atoms in total. The number of anilines is 1. The molecule has 0 radical (unpaired) electrons. The maximum absolute atomic E-state index is 13.5. The Balaban J connectivity index is 1.94. The average Bonchev–Trinajstić information content (AvgIpc) is 3.60. The molecule has 1 atom stereocenters. The standard InChI is InChI=1S/C25H31N5O8S/c1-36-23(33)15(12-26)21(28-17-14-39-20(25(35)38-3)19(17)24(34)37-2)27-16-8-4-5-11-30(22(16)32)13-18(31)29-9-6-7-10-29/h14,16,27-28H,4-11,13H2,1-3H3/b21-15-. The van der Waals surface area contributed by atoms with Crippen LogP contribution in [0.4, 0.5) is 5.69 Å². The summed E-state index contributed by atoms with van der Waals surface area (Å²) >= 11 is 0.893. The Morgan fingerprint density at radius 1 is 1.03 bits per heavy atom. The number of nitrogens with zero attached hydrogens (tertiary/aromatic N) is 3. The molecule has 2 aliphatic rings. The zero-order valence-corrected chi connectivity index (χ0v) is 22.9. The summed E-state index contributed by atoms with van der Waals surface area (Å²) in [4.78, 5) is 66.6. The molecule has 2 fully saturated rings. The summed E-state index contributed by atoms with van der Waals surface area (Å²) in [5, 5.41) is 17.0. The van der Waals surface area contributed by atoms with Crippen molar-refractivity contribution < 1.29 is 38.2 Å². The fourth-order valence-electron chi connectivity index (χ4n) is 4.41. The predicted octanol–water partition coefficient (Wildman–Crippen LogP) is 1.23. The Morgan fingerprint density at radius 3 is 2.31 bits per heavy atom. The third-order valence-electron chi connectivity index (χ3n) is 6.45. The van der Waals surface area contributed by atoms with Crippen LogP contribution < -0.4 is 10.6 Å². The number of nitrogens with one attached hydrogen (secondary N) is 2. The van der Waals surface area contributed by atoms with Crippen molar-refractivity contribution in [1.29, 1.82) is 5.26 Å². The van der Waals surface area contributed by atoms with Gasteiger partial charge in [0.05, 0.1) is 33.6 Å². The van der Waals surface area contributed by atoms with Gasteiger partial charge in [-0.1, -0.05) is 0 Å². The van der Waals surface area contributed by atoms with Crippen LogP contribution in [0.5, 0.6) is 0 Å². The van der Waals surface area contributed by atoms with Gasteiger partial charge in [0.1, 0.15) is 28.4 Å². The normalized spacial score (nSPS) is 17.9. The van der Waals surface area contributed by atoms with Gasteiger partial charge in [0.15, 0.2) is 5.57 Å². The number of methoxy groups -OCH3 is 3. The van der Waals surface area contributed by atoms with Crippen LogP contribution in [0.1, 0.15) is 52.1 Å². The van der Waals surface area contributed by atoms with Gasteiger partial charge in [-0.3, -0.25) is 9.59 Å². The number of ether oxygens (including phenoxy) is 3. The van der Waals surface area contributed by atoms with Crippen LogP contribution in [-0.2, 0) is 28.6 Å². The van der Waals surface area contributed by atoms with Crippen molar-refractivity contribution in [3.05, 3.63) is 27.2 Å². The molecule has 1 aromatic heterocycles. The number of nitriles is 1. The Kier molecular flexibility index (Phi) is 10.3. The second-order valence-electron chi connectivity index (χ2n) is 8.86. The monoisotopic (exact) mass is 561 g/mol. The first kappa shape index (κ1) is 29.4. The van der Waals surface area contributed by atoms with Crippen molar-refractivity contribution in [1.82, 2.24) is 15.1 Å². The highest BCUT2D eigenvalue weighted by Crippen LogP contribution is 2.30. The average molecular weight is 562 g/mol. The van der Waals surface area contributed by atoms with E-state index < -0.39 is 29.5 Å². The minimum atomic E-state index is -0.988. The molecule has 2 N–H and O–H groups in total. The van der Waals surface area contributed by atoms with E-state index in [4.69, 9.17) is 14.2 Å². The lowest BCUT2D eigenvalue weighted by Crippen LogP contribution is -2.49. The topological polar surface area (TPSA) is 167 Å². The molecule has 14 heteroatoms. The third kappa shape index (κ3) is 6.85. The van der Waals surface area contributed by atoms with Crippen LogP contribution in [0, 0.1) is 11.3 Å². The van der Waals surface area contributed by atoms with E-state index in [-0.39, 0.29) is 40.3 Å². The third-order valence-corrected chi connectivity index (χ3v) is 7.41. The van der Waals surface area contributed by atoms with Crippen molar-refractivity contribution in [3.63, 3.8) is 0 Å². The van der Waals surface area contributed by atoms with Crippen LogP contribution in [0.25, 0.3) is 0 Å². The number of amides is 2. The second kappa shape index (κ2) is 13.6. The van der Waals surface area contributed by atoms with E-state index in [1.165, 1.54) is 10.3 Å². The Bertz CT molecular complexity index is 1200. The van der Waals surface area contributed by atoms with Crippen molar-refractivity contribution in [2.24, 2.45) is 0 Å². The van der Waals surface area contributed by atoms with Crippen molar-refractivity contribution in [3.8, 4) is 6.07 Å². The zero-order valence-electron chi connectivity index (χ0n) is 22.0. The lowest BCUT2D eigenvalue weighted by atomic mass is 10.1. The highest BCUT2D eigenvalue weighted by Gasteiger charge is 2.33. The Hall–Kier alpha value is -4.12. The van der Waals surface area contributed by atoms with Crippen LogP contribution in [-0.4, -0.2) is 93.1 Å². The summed E-state index contributed by atoms with van der Waals surface area (Å²) < 4.78 is 14.3. The van der Waals surface area contributed by atoms with E-state index in [0.29, 0.717) is 38.9 Å². The van der Waals surface area contributed by atoms with Gasteiger partial charge in [0.2, 0.25) is 11.8 Å². The quantitative estimate of drug-likeness (QED) is 0.193. The van der Waals surface area contributed by atoms with Gasteiger partial charge < -0.3 is 34.6 Å². The van der Waals surface area contributed by atoms with E-state index >= 15 is 0 Å². The molecular formula is C25H31N5O8S. The number of carbonyl (C=O) groups excluding carboxylic acids is 5. The second-order valence-corrected chi connectivity index (χ2v) is 9.74. The molecule has 2 aliphatic heterocycles. The van der Waals surface area contributed by atoms with Crippen LogP contribution >= 0.6 is 11.3 Å².